The molecule has 0 fully saturated rings. The summed E-state index contributed by atoms with van der Waals surface area (Å²) in [5, 5.41) is -0.220. The maximum atomic E-state index is 14.9. The van der Waals surface area contributed by atoms with Crippen LogP contribution >= 0.6 is 11.6 Å². The van der Waals surface area contributed by atoms with E-state index in [4.69, 9.17) is 11.6 Å². The van der Waals surface area contributed by atoms with Crippen molar-refractivity contribution >= 4 is 27.3 Å². The Morgan fingerprint density at radius 2 is 1.72 bits per heavy atom. The molecule has 2 aromatic carbocycles. The van der Waals surface area contributed by atoms with Gasteiger partial charge in [0.2, 0.25) is 0 Å². The summed E-state index contributed by atoms with van der Waals surface area (Å²) >= 11 is 6.21. The normalized spacial score (nSPS) is 11.4. The zero-order chi connectivity index (χ0) is 18.8. The third-order valence-electron chi connectivity index (χ3n) is 3.90. The molecule has 0 unspecified atom stereocenters. The molecule has 7 heteroatoms. The first-order valence-corrected chi connectivity index (χ1v) is 10.1. The van der Waals surface area contributed by atoms with Crippen molar-refractivity contribution in [3.05, 3.63) is 52.8 Å². The third-order valence-corrected chi connectivity index (χ3v) is 5.53. The molecule has 0 N–H and O–H groups in total. The Kier molecular flexibility index (Phi) is 5.85. The quantitative estimate of drug-likeness (QED) is 0.783. The van der Waals surface area contributed by atoms with Gasteiger partial charge >= 0.3 is 0 Å². The lowest BCUT2D eigenvalue weighted by atomic mass is 10.0. The molecule has 0 saturated carbocycles. The van der Waals surface area contributed by atoms with Crippen molar-refractivity contribution in [2.24, 2.45) is 0 Å². The van der Waals surface area contributed by atoms with Gasteiger partial charge in [0, 0.05) is 24.9 Å². The van der Waals surface area contributed by atoms with Gasteiger partial charge < -0.3 is 4.90 Å². The molecule has 0 spiro atoms. The SMILES string of the molecule is CCN(CC)C(=O)c1cc(-c2ccccc2)c(Cl)c(S(C)(=O)=O)c1F. The molecule has 0 atom stereocenters. The lowest BCUT2D eigenvalue weighted by Crippen LogP contribution is -2.31. The van der Waals surface area contributed by atoms with Crippen LogP contribution in [-0.4, -0.2) is 38.6 Å². The van der Waals surface area contributed by atoms with Gasteiger partial charge in [0.05, 0.1) is 10.6 Å². The van der Waals surface area contributed by atoms with E-state index in [-0.39, 0.29) is 10.6 Å². The fourth-order valence-electron chi connectivity index (χ4n) is 2.60. The van der Waals surface area contributed by atoms with E-state index in [1.54, 1.807) is 44.2 Å². The Balaban J connectivity index is 2.84. The summed E-state index contributed by atoms with van der Waals surface area (Å²) in [5.41, 5.74) is 0.609. The predicted molar refractivity (Wildman–Crippen MR) is 97.2 cm³/mol. The Morgan fingerprint density at radius 1 is 1.16 bits per heavy atom. The van der Waals surface area contributed by atoms with Crippen LogP contribution in [0.2, 0.25) is 5.02 Å². The number of carbonyl (C=O) groups excluding carboxylic acids is 1. The minimum absolute atomic E-state index is 0.220. The van der Waals surface area contributed by atoms with Crippen LogP contribution in [0, 0.1) is 5.82 Å². The Hall–Kier alpha value is -1.92. The molecule has 0 heterocycles. The first-order chi connectivity index (χ1) is 11.7. The van der Waals surface area contributed by atoms with Crippen LogP contribution in [-0.2, 0) is 9.84 Å². The van der Waals surface area contributed by atoms with Gasteiger partial charge in [-0.1, -0.05) is 41.9 Å². The highest BCUT2D eigenvalue weighted by molar-refractivity contribution is 7.90. The van der Waals surface area contributed by atoms with E-state index in [0.717, 1.165) is 6.26 Å². The van der Waals surface area contributed by atoms with Crippen molar-refractivity contribution in [1.29, 1.82) is 0 Å². The van der Waals surface area contributed by atoms with Crippen molar-refractivity contribution in [2.75, 3.05) is 19.3 Å². The molecule has 134 valence electrons. The van der Waals surface area contributed by atoms with Gasteiger partial charge in [-0.2, -0.15) is 0 Å². The van der Waals surface area contributed by atoms with Crippen LogP contribution in [0.25, 0.3) is 11.1 Å². The third kappa shape index (κ3) is 3.85. The summed E-state index contributed by atoms with van der Waals surface area (Å²) in [6, 6.07) is 10.1. The number of hydrogen-bond acceptors (Lipinski definition) is 3. The Bertz CT molecular complexity index is 894. The van der Waals surface area contributed by atoms with Crippen LogP contribution in [0.4, 0.5) is 4.39 Å². The standard InChI is InChI=1S/C18H19ClFNO3S/c1-4-21(5-2)18(22)14-11-13(12-9-7-6-8-10-12)15(19)17(16(14)20)25(3,23)24/h6-11H,4-5H2,1-3H3. The van der Waals surface area contributed by atoms with E-state index < -0.39 is 26.5 Å². The second-order valence-electron chi connectivity index (χ2n) is 5.54. The lowest BCUT2D eigenvalue weighted by molar-refractivity contribution is 0.0767. The van der Waals surface area contributed by atoms with Crippen molar-refractivity contribution in [2.45, 2.75) is 18.7 Å². The van der Waals surface area contributed by atoms with Crippen LogP contribution in [0.5, 0.6) is 0 Å². The van der Waals surface area contributed by atoms with E-state index in [9.17, 15) is 17.6 Å². The van der Waals surface area contributed by atoms with Crippen molar-refractivity contribution in [1.82, 2.24) is 4.90 Å². The van der Waals surface area contributed by atoms with Gasteiger partial charge in [-0.3, -0.25) is 4.79 Å². The minimum Gasteiger partial charge on any atom is -0.339 e. The van der Waals surface area contributed by atoms with Gasteiger partial charge in [0.15, 0.2) is 15.7 Å². The van der Waals surface area contributed by atoms with E-state index >= 15 is 0 Å². The predicted octanol–water partition coefficient (Wildman–Crippen LogP) is 4.03. The van der Waals surface area contributed by atoms with Gasteiger partial charge in [-0.25, -0.2) is 12.8 Å². The topological polar surface area (TPSA) is 54.5 Å². The number of nitrogens with zero attached hydrogens (tertiary/aromatic N) is 1. The fourth-order valence-corrected chi connectivity index (χ4v) is 4.14. The van der Waals surface area contributed by atoms with Crippen molar-refractivity contribution < 1.29 is 17.6 Å². The lowest BCUT2D eigenvalue weighted by Gasteiger charge is -2.21. The molecule has 25 heavy (non-hydrogen) atoms. The summed E-state index contributed by atoms with van der Waals surface area (Å²) in [5.74, 6) is -1.68. The van der Waals surface area contributed by atoms with Gasteiger partial charge in [0.25, 0.3) is 5.91 Å². The molecule has 4 nitrogen and oxygen atoms in total. The number of rotatable bonds is 5. The van der Waals surface area contributed by atoms with E-state index in [1.165, 1.54) is 11.0 Å². The first kappa shape index (κ1) is 19.4. The first-order valence-electron chi connectivity index (χ1n) is 7.79. The highest BCUT2D eigenvalue weighted by Crippen LogP contribution is 2.37. The van der Waals surface area contributed by atoms with E-state index in [1.807, 2.05) is 0 Å². The monoisotopic (exact) mass is 383 g/mol. The Morgan fingerprint density at radius 3 is 2.20 bits per heavy atom. The average Bonchev–Trinajstić information content (AvgIpc) is 2.55. The second kappa shape index (κ2) is 7.54. The highest BCUT2D eigenvalue weighted by atomic mass is 35.5. The molecule has 0 bridgehead atoms. The molecular weight excluding hydrogens is 365 g/mol. The van der Waals surface area contributed by atoms with E-state index in [2.05, 4.69) is 0 Å². The number of sulfone groups is 1. The summed E-state index contributed by atoms with van der Waals surface area (Å²) in [7, 11) is -3.97. The number of benzene rings is 2. The molecule has 0 aromatic heterocycles. The van der Waals surface area contributed by atoms with Crippen LogP contribution in [0.15, 0.2) is 41.3 Å². The Labute approximate surface area is 152 Å². The van der Waals surface area contributed by atoms with Gasteiger partial charge in [-0.05, 0) is 25.5 Å². The molecule has 2 rings (SSSR count). The largest absolute Gasteiger partial charge is 0.339 e. The van der Waals surface area contributed by atoms with Crippen LogP contribution in [0.3, 0.4) is 0 Å². The second-order valence-corrected chi connectivity index (χ2v) is 7.87. The molecule has 1 amide bonds. The van der Waals surface area contributed by atoms with Gasteiger partial charge in [0.1, 0.15) is 4.90 Å². The zero-order valence-electron chi connectivity index (χ0n) is 14.2. The zero-order valence-corrected chi connectivity index (χ0v) is 15.8. The molecular formula is C18H19ClFNO3S. The maximum absolute atomic E-state index is 14.9. The molecule has 0 saturated heterocycles. The number of amides is 1. The van der Waals surface area contributed by atoms with Gasteiger partial charge in [-0.15, -0.1) is 0 Å². The maximum Gasteiger partial charge on any atom is 0.256 e. The van der Waals surface area contributed by atoms with Crippen LogP contribution in [0.1, 0.15) is 24.2 Å². The summed E-state index contributed by atoms with van der Waals surface area (Å²) < 4.78 is 39.1. The average molecular weight is 384 g/mol. The summed E-state index contributed by atoms with van der Waals surface area (Å²) in [6.07, 6.45) is 0.873. The minimum atomic E-state index is -3.97. The smallest absolute Gasteiger partial charge is 0.256 e. The van der Waals surface area contributed by atoms with Crippen molar-refractivity contribution in [3.63, 3.8) is 0 Å². The summed E-state index contributed by atoms with van der Waals surface area (Å²) in [4.78, 5) is 13.4. The number of carbonyl (C=O) groups is 1. The van der Waals surface area contributed by atoms with E-state index in [0.29, 0.717) is 24.2 Å². The summed E-state index contributed by atoms with van der Waals surface area (Å²) in [6.45, 7) is 4.30. The molecule has 2 aromatic rings. The molecule has 0 aliphatic heterocycles. The van der Waals surface area contributed by atoms with Crippen LogP contribution < -0.4 is 0 Å². The number of halogens is 2. The number of hydrogen-bond donors (Lipinski definition) is 0. The highest BCUT2D eigenvalue weighted by Gasteiger charge is 2.29. The molecule has 0 aliphatic rings. The molecule has 0 radical (unpaired) electrons. The molecule has 0 aliphatic carbocycles. The fraction of sp³-hybridized carbons (Fsp3) is 0.278. The van der Waals surface area contributed by atoms with Crippen molar-refractivity contribution in [3.8, 4) is 11.1 Å².